The summed E-state index contributed by atoms with van der Waals surface area (Å²) in [5, 5.41) is 3.20. The number of nitrogens with one attached hydrogen (secondary N) is 1. The van der Waals surface area contributed by atoms with Gasteiger partial charge in [0.15, 0.2) is 0 Å². The molecule has 1 amide bonds. The number of pyridine rings is 1. The van der Waals surface area contributed by atoms with E-state index in [1.165, 1.54) is 24.6 Å². The van der Waals surface area contributed by atoms with Crippen molar-refractivity contribution < 1.29 is 14.3 Å². The van der Waals surface area contributed by atoms with Gasteiger partial charge in [0.25, 0.3) is 5.91 Å². The summed E-state index contributed by atoms with van der Waals surface area (Å²) in [5.41, 5.74) is 1.46. The number of rotatable bonds is 3. The average Bonchev–Trinajstić information content (AvgIpc) is 2.73. The molecule has 0 aliphatic carbocycles. The quantitative estimate of drug-likeness (QED) is 0.840. The zero-order chi connectivity index (χ0) is 15.6. The van der Waals surface area contributed by atoms with E-state index in [-0.39, 0.29) is 11.6 Å². The molecule has 0 radical (unpaired) electrons. The minimum atomic E-state index is -0.466. The Hall–Kier alpha value is -1.73. The lowest BCUT2D eigenvalue weighted by Gasteiger charge is -2.06. The Morgan fingerprint density at radius 3 is 2.71 bits per heavy atom. The summed E-state index contributed by atoms with van der Waals surface area (Å²) in [4.78, 5) is 29.1. The Labute approximate surface area is 134 Å². The van der Waals surface area contributed by atoms with E-state index < -0.39 is 5.97 Å². The minimum Gasteiger partial charge on any atom is -0.465 e. The Morgan fingerprint density at radius 2 is 2.10 bits per heavy atom. The van der Waals surface area contributed by atoms with Crippen LogP contribution in [0.4, 0.5) is 5.00 Å². The second-order valence-electron chi connectivity index (χ2n) is 4.27. The highest BCUT2D eigenvalue weighted by Crippen LogP contribution is 2.33. The highest BCUT2D eigenvalue weighted by atomic mass is 79.9. The highest BCUT2D eigenvalue weighted by molar-refractivity contribution is 9.10. The molecule has 0 aliphatic heterocycles. The van der Waals surface area contributed by atoms with Crippen LogP contribution in [0, 0.1) is 13.8 Å². The number of anilines is 1. The summed E-state index contributed by atoms with van der Waals surface area (Å²) in [6.07, 6.45) is 1.53. The van der Waals surface area contributed by atoms with Gasteiger partial charge in [-0.25, -0.2) is 9.78 Å². The van der Waals surface area contributed by atoms with E-state index in [0.29, 0.717) is 15.0 Å². The van der Waals surface area contributed by atoms with Gasteiger partial charge in [0.2, 0.25) is 0 Å². The summed E-state index contributed by atoms with van der Waals surface area (Å²) in [6.45, 7) is 3.71. The average molecular weight is 369 g/mol. The molecule has 110 valence electrons. The molecule has 0 fully saturated rings. The maximum Gasteiger partial charge on any atom is 0.341 e. The predicted octanol–water partition coefficient (Wildman–Crippen LogP) is 3.56. The van der Waals surface area contributed by atoms with Crippen LogP contribution in [0.2, 0.25) is 0 Å². The number of carbonyl (C=O) groups is 2. The van der Waals surface area contributed by atoms with E-state index in [1.807, 2.05) is 13.8 Å². The molecule has 7 heteroatoms. The van der Waals surface area contributed by atoms with Crippen molar-refractivity contribution in [3.63, 3.8) is 0 Å². The van der Waals surface area contributed by atoms with Crippen molar-refractivity contribution in [3.05, 3.63) is 44.5 Å². The largest absolute Gasteiger partial charge is 0.465 e. The van der Waals surface area contributed by atoms with Crippen LogP contribution in [0.5, 0.6) is 0 Å². The van der Waals surface area contributed by atoms with Crippen LogP contribution < -0.4 is 5.32 Å². The van der Waals surface area contributed by atoms with E-state index in [0.717, 1.165) is 10.4 Å². The minimum absolute atomic E-state index is 0.261. The topological polar surface area (TPSA) is 68.3 Å². The second kappa shape index (κ2) is 6.36. The molecule has 0 bridgehead atoms. The van der Waals surface area contributed by atoms with Gasteiger partial charge >= 0.3 is 5.97 Å². The molecule has 0 spiro atoms. The fourth-order valence-electron chi connectivity index (χ4n) is 1.78. The van der Waals surface area contributed by atoms with Gasteiger partial charge < -0.3 is 10.1 Å². The number of thiophene rings is 1. The molecule has 2 rings (SSSR count). The summed E-state index contributed by atoms with van der Waals surface area (Å²) in [5.74, 6) is -0.846. The normalized spacial score (nSPS) is 10.3. The van der Waals surface area contributed by atoms with Gasteiger partial charge in [-0.1, -0.05) is 0 Å². The molecule has 0 saturated carbocycles. The second-order valence-corrected chi connectivity index (χ2v) is 6.35. The number of nitrogens with zero attached hydrogens (tertiary/aromatic N) is 1. The number of carbonyl (C=O) groups excluding carboxylic acids is 2. The Bertz CT molecular complexity index is 712. The molecular weight excluding hydrogens is 356 g/mol. The lowest BCUT2D eigenvalue weighted by atomic mass is 10.1. The van der Waals surface area contributed by atoms with E-state index in [9.17, 15) is 9.59 Å². The molecule has 2 aromatic heterocycles. The fourth-order valence-corrected chi connectivity index (χ4v) is 3.26. The third kappa shape index (κ3) is 3.14. The van der Waals surface area contributed by atoms with Crippen molar-refractivity contribution in [2.45, 2.75) is 13.8 Å². The van der Waals surface area contributed by atoms with Gasteiger partial charge in [-0.2, -0.15) is 0 Å². The number of aryl methyl sites for hydroxylation is 1. The summed E-state index contributed by atoms with van der Waals surface area (Å²) in [7, 11) is 1.32. The first-order valence-electron chi connectivity index (χ1n) is 6.05. The first-order valence-corrected chi connectivity index (χ1v) is 7.66. The Kier molecular flexibility index (Phi) is 4.74. The van der Waals surface area contributed by atoms with Crippen LogP contribution in [0.3, 0.4) is 0 Å². The van der Waals surface area contributed by atoms with Crippen LogP contribution in [0.1, 0.15) is 31.3 Å². The van der Waals surface area contributed by atoms with Gasteiger partial charge in [0.05, 0.1) is 12.7 Å². The van der Waals surface area contributed by atoms with E-state index >= 15 is 0 Å². The molecule has 0 atom stereocenters. The first-order chi connectivity index (χ1) is 9.95. The van der Waals surface area contributed by atoms with E-state index in [4.69, 9.17) is 4.74 Å². The summed E-state index contributed by atoms with van der Waals surface area (Å²) in [6, 6.07) is 3.45. The van der Waals surface area contributed by atoms with Gasteiger partial charge in [0, 0.05) is 15.5 Å². The maximum absolute atomic E-state index is 12.3. The van der Waals surface area contributed by atoms with Gasteiger partial charge in [-0.3, -0.25) is 4.79 Å². The zero-order valence-electron chi connectivity index (χ0n) is 11.7. The van der Waals surface area contributed by atoms with Gasteiger partial charge in [-0.15, -0.1) is 11.3 Å². The van der Waals surface area contributed by atoms with Crippen molar-refractivity contribution in [2.75, 3.05) is 12.4 Å². The standard InChI is InChI=1S/C14H13BrN2O3S/c1-7-8(2)21-13(10(7)14(19)20-3)17-12(18)11-9(15)5-4-6-16-11/h4-6H,1-3H3,(H,17,18). The van der Waals surface area contributed by atoms with Crippen LogP contribution in [0.25, 0.3) is 0 Å². The number of amides is 1. The van der Waals surface area contributed by atoms with Crippen LogP contribution in [-0.4, -0.2) is 24.0 Å². The Balaban J connectivity index is 2.36. The zero-order valence-corrected chi connectivity index (χ0v) is 14.1. The van der Waals surface area contributed by atoms with E-state index in [2.05, 4.69) is 26.2 Å². The molecule has 0 saturated heterocycles. The summed E-state index contributed by atoms with van der Waals surface area (Å²) < 4.78 is 5.36. The third-order valence-corrected chi connectivity index (χ3v) is 4.74. The number of hydrogen-bond acceptors (Lipinski definition) is 5. The first kappa shape index (κ1) is 15.7. The van der Waals surface area contributed by atoms with Crippen molar-refractivity contribution in [3.8, 4) is 0 Å². The third-order valence-electron chi connectivity index (χ3n) is 2.98. The van der Waals surface area contributed by atoms with Crippen LogP contribution in [-0.2, 0) is 4.74 Å². The number of methoxy groups -OCH3 is 1. The monoisotopic (exact) mass is 368 g/mol. The molecule has 0 aliphatic rings. The number of halogens is 1. The molecule has 2 heterocycles. The lowest BCUT2D eigenvalue weighted by Crippen LogP contribution is -2.16. The van der Waals surface area contributed by atoms with Crippen LogP contribution in [0.15, 0.2) is 22.8 Å². The molecule has 1 N–H and O–H groups in total. The van der Waals surface area contributed by atoms with Gasteiger partial charge in [0.1, 0.15) is 10.7 Å². The van der Waals surface area contributed by atoms with Crippen molar-refractivity contribution in [2.24, 2.45) is 0 Å². The van der Waals surface area contributed by atoms with E-state index in [1.54, 1.807) is 12.1 Å². The summed E-state index contributed by atoms with van der Waals surface area (Å²) >= 11 is 4.62. The SMILES string of the molecule is COC(=O)c1c(NC(=O)c2ncccc2Br)sc(C)c1C. The molecule has 0 unspecified atom stereocenters. The fraction of sp³-hybridized carbons (Fsp3) is 0.214. The number of esters is 1. The van der Waals surface area contributed by atoms with Crippen LogP contribution >= 0.6 is 27.3 Å². The maximum atomic E-state index is 12.3. The number of aromatic nitrogens is 1. The molecule has 5 nitrogen and oxygen atoms in total. The van der Waals surface area contributed by atoms with Gasteiger partial charge in [-0.05, 0) is 47.5 Å². The van der Waals surface area contributed by atoms with Crippen molar-refractivity contribution >= 4 is 44.1 Å². The smallest absolute Gasteiger partial charge is 0.341 e. The molecular formula is C14H13BrN2O3S. The molecule has 21 heavy (non-hydrogen) atoms. The highest BCUT2D eigenvalue weighted by Gasteiger charge is 2.22. The Morgan fingerprint density at radius 1 is 1.38 bits per heavy atom. The molecule has 0 aromatic carbocycles. The number of hydrogen-bond donors (Lipinski definition) is 1. The molecule has 2 aromatic rings. The van der Waals surface area contributed by atoms with Crippen molar-refractivity contribution in [1.82, 2.24) is 4.98 Å². The predicted molar refractivity (Wildman–Crippen MR) is 85.0 cm³/mol. The van der Waals surface area contributed by atoms with Crippen molar-refractivity contribution in [1.29, 1.82) is 0 Å². The lowest BCUT2D eigenvalue weighted by molar-refractivity contribution is 0.0601. The number of ether oxygens (including phenoxy) is 1.